The molecule has 108 valence electrons. The van der Waals surface area contributed by atoms with E-state index in [2.05, 4.69) is 0 Å². The van der Waals surface area contributed by atoms with E-state index in [1.54, 1.807) is 11.8 Å². The fraction of sp³-hybridized carbons (Fsp3) is 0.500. The van der Waals surface area contributed by atoms with E-state index in [4.69, 9.17) is 0 Å². The second kappa shape index (κ2) is 4.98. The molecule has 0 spiro atoms. The molecule has 1 aliphatic carbocycles. The van der Waals surface area contributed by atoms with Gasteiger partial charge in [-0.2, -0.15) is 13.2 Å². The van der Waals surface area contributed by atoms with Crippen LogP contribution in [0.3, 0.4) is 0 Å². The molecule has 2 nitrogen and oxygen atoms in total. The lowest BCUT2D eigenvalue weighted by Gasteiger charge is -2.24. The van der Waals surface area contributed by atoms with Gasteiger partial charge in [0, 0.05) is 18.2 Å². The number of rotatable bonds is 2. The summed E-state index contributed by atoms with van der Waals surface area (Å²) in [5.74, 6) is 1.13. The molecule has 3 rings (SSSR count). The smallest absolute Gasteiger partial charge is 0.325 e. The molecule has 2 fully saturated rings. The molecule has 0 unspecified atom stereocenters. The van der Waals surface area contributed by atoms with E-state index in [-0.39, 0.29) is 17.2 Å². The van der Waals surface area contributed by atoms with Gasteiger partial charge < -0.3 is 4.90 Å². The molecule has 1 saturated carbocycles. The summed E-state index contributed by atoms with van der Waals surface area (Å²) < 4.78 is 37.6. The third-order valence-electron chi connectivity index (χ3n) is 3.62. The van der Waals surface area contributed by atoms with Gasteiger partial charge in [-0.05, 0) is 30.5 Å². The van der Waals surface area contributed by atoms with Crippen molar-refractivity contribution in [1.29, 1.82) is 0 Å². The zero-order chi connectivity index (χ0) is 14.3. The van der Waals surface area contributed by atoms with Crippen LogP contribution < -0.4 is 0 Å². The predicted molar refractivity (Wildman–Crippen MR) is 71.1 cm³/mol. The second-order valence-corrected chi connectivity index (χ2v) is 6.34. The second-order valence-electron chi connectivity index (χ2n) is 5.15. The molecule has 0 bridgehead atoms. The molecule has 20 heavy (non-hydrogen) atoms. The topological polar surface area (TPSA) is 20.3 Å². The van der Waals surface area contributed by atoms with Gasteiger partial charge >= 0.3 is 6.18 Å². The molecule has 2 aliphatic rings. The average molecular weight is 301 g/mol. The van der Waals surface area contributed by atoms with Crippen LogP contribution in [0.2, 0.25) is 0 Å². The van der Waals surface area contributed by atoms with E-state index in [0.717, 1.165) is 36.3 Å². The van der Waals surface area contributed by atoms with E-state index >= 15 is 0 Å². The van der Waals surface area contributed by atoms with Gasteiger partial charge in [-0.1, -0.05) is 12.1 Å². The highest BCUT2D eigenvalue weighted by atomic mass is 32.2. The maximum atomic E-state index is 12.5. The lowest BCUT2D eigenvalue weighted by atomic mass is 10.1. The van der Waals surface area contributed by atoms with Crippen LogP contribution in [0.4, 0.5) is 13.2 Å². The first-order valence-electron chi connectivity index (χ1n) is 6.56. The maximum absolute atomic E-state index is 12.5. The summed E-state index contributed by atoms with van der Waals surface area (Å²) in [5, 5.41) is -0.134. The number of nitrogens with zero attached hydrogens (tertiary/aromatic N) is 1. The van der Waals surface area contributed by atoms with Crippen molar-refractivity contribution in [2.24, 2.45) is 5.92 Å². The number of carbonyl (C=O) groups is 1. The summed E-state index contributed by atoms with van der Waals surface area (Å²) in [6, 6.07) is 5.15. The molecular formula is C14H14F3NOS. The minimum atomic E-state index is -4.31. The summed E-state index contributed by atoms with van der Waals surface area (Å²) in [6.07, 6.45) is -2.43. The quantitative estimate of drug-likeness (QED) is 0.830. The van der Waals surface area contributed by atoms with Crippen LogP contribution in [0.25, 0.3) is 0 Å². The highest BCUT2D eigenvalue weighted by molar-refractivity contribution is 7.99. The third-order valence-corrected chi connectivity index (χ3v) is 4.88. The van der Waals surface area contributed by atoms with Gasteiger partial charge in [0.1, 0.15) is 5.37 Å². The number of benzene rings is 1. The van der Waals surface area contributed by atoms with Crippen molar-refractivity contribution in [3.63, 3.8) is 0 Å². The van der Waals surface area contributed by atoms with E-state index < -0.39 is 11.7 Å². The fourth-order valence-electron chi connectivity index (χ4n) is 2.37. The van der Waals surface area contributed by atoms with Crippen molar-refractivity contribution >= 4 is 17.7 Å². The standard InChI is InChI=1S/C14H14F3NOS/c15-14(16,17)11-5-3-10(4-6-11)13-18(7-8-20-13)12(19)9-1-2-9/h3-6,9,13H,1-2,7-8H2/t13-/m1/s1. The van der Waals surface area contributed by atoms with Crippen LogP contribution in [0.1, 0.15) is 29.3 Å². The van der Waals surface area contributed by atoms with Gasteiger partial charge in [-0.3, -0.25) is 4.79 Å². The summed E-state index contributed by atoms with van der Waals surface area (Å²) in [5.41, 5.74) is 0.124. The van der Waals surface area contributed by atoms with E-state index in [1.165, 1.54) is 12.1 Å². The Balaban J connectivity index is 1.79. The highest BCUT2D eigenvalue weighted by Gasteiger charge is 2.39. The highest BCUT2D eigenvalue weighted by Crippen LogP contribution is 2.42. The Bertz CT molecular complexity index is 510. The molecule has 1 aromatic rings. The molecule has 0 radical (unpaired) electrons. The lowest BCUT2D eigenvalue weighted by molar-refractivity contribution is -0.137. The monoisotopic (exact) mass is 301 g/mol. The molecule has 1 atom stereocenters. The van der Waals surface area contributed by atoms with E-state index in [9.17, 15) is 18.0 Å². The largest absolute Gasteiger partial charge is 0.416 e. The molecule has 1 saturated heterocycles. The van der Waals surface area contributed by atoms with Crippen LogP contribution in [-0.2, 0) is 11.0 Å². The zero-order valence-electron chi connectivity index (χ0n) is 10.7. The Kier molecular flexibility index (Phi) is 3.44. The van der Waals surface area contributed by atoms with E-state index in [1.807, 2.05) is 4.90 Å². The molecule has 1 aromatic carbocycles. The summed E-state index contributed by atoms with van der Waals surface area (Å²) in [6.45, 7) is 0.686. The van der Waals surface area contributed by atoms with Crippen LogP contribution >= 0.6 is 11.8 Å². The number of amides is 1. The summed E-state index contributed by atoms with van der Waals surface area (Å²) in [7, 11) is 0. The molecule has 0 N–H and O–H groups in total. The van der Waals surface area contributed by atoms with Gasteiger partial charge in [0.25, 0.3) is 0 Å². The molecular weight excluding hydrogens is 287 g/mol. The first-order valence-corrected chi connectivity index (χ1v) is 7.61. The van der Waals surface area contributed by atoms with Crippen LogP contribution in [0.5, 0.6) is 0 Å². The Morgan fingerprint density at radius 1 is 1.20 bits per heavy atom. The Morgan fingerprint density at radius 2 is 1.85 bits per heavy atom. The summed E-state index contributed by atoms with van der Waals surface area (Å²) >= 11 is 1.61. The SMILES string of the molecule is O=C(C1CC1)N1CCS[C@@H]1c1ccc(C(F)(F)F)cc1. The first-order chi connectivity index (χ1) is 9.47. The molecule has 1 aliphatic heterocycles. The fourth-order valence-corrected chi connectivity index (χ4v) is 3.64. The van der Waals surface area contributed by atoms with Crippen LogP contribution in [0.15, 0.2) is 24.3 Å². The van der Waals surface area contributed by atoms with Crippen molar-refractivity contribution < 1.29 is 18.0 Å². The summed E-state index contributed by atoms with van der Waals surface area (Å²) in [4.78, 5) is 14.0. The van der Waals surface area contributed by atoms with Crippen molar-refractivity contribution in [2.75, 3.05) is 12.3 Å². The van der Waals surface area contributed by atoms with E-state index in [0.29, 0.717) is 6.54 Å². The zero-order valence-corrected chi connectivity index (χ0v) is 11.5. The van der Waals surface area contributed by atoms with Crippen molar-refractivity contribution in [3.8, 4) is 0 Å². The van der Waals surface area contributed by atoms with Gasteiger partial charge in [0.2, 0.25) is 5.91 Å². The molecule has 6 heteroatoms. The van der Waals surface area contributed by atoms with Crippen molar-refractivity contribution in [2.45, 2.75) is 24.4 Å². The van der Waals surface area contributed by atoms with Crippen LogP contribution in [-0.4, -0.2) is 23.1 Å². The number of thioether (sulfide) groups is 1. The van der Waals surface area contributed by atoms with Gasteiger partial charge in [-0.15, -0.1) is 11.8 Å². The third kappa shape index (κ3) is 2.66. The van der Waals surface area contributed by atoms with Gasteiger partial charge in [0.05, 0.1) is 5.56 Å². The Morgan fingerprint density at radius 3 is 2.40 bits per heavy atom. The van der Waals surface area contributed by atoms with Crippen molar-refractivity contribution in [1.82, 2.24) is 4.90 Å². The molecule has 0 aromatic heterocycles. The number of hydrogen-bond acceptors (Lipinski definition) is 2. The van der Waals surface area contributed by atoms with Gasteiger partial charge in [-0.25, -0.2) is 0 Å². The maximum Gasteiger partial charge on any atom is 0.416 e. The van der Waals surface area contributed by atoms with Gasteiger partial charge in [0.15, 0.2) is 0 Å². The molecule has 1 amide bonds. The predicted octanol–water partition coefficient (Wildman–Crippen LogP) is 3.69. The number of halogens is 3. The Labute approximate surface area is 119 Å². The molecule has 1 heterocycles. The normalized spacial score (nSPS) is 23.1. The van der Waals surface area contributed by atoms with Crippen molar-refractivity contribution in [3.05, 3.63) is 35.4 Å². The average Bonchev–Trinajstić information content (AvgIpc) is 3.14. The first kappa shape index (κ1) is 13.8. The minimum Gasteiger partial charge on any atom is -0.325 e. The van der Waals surface area contributed by atoms with Crippen LogP contribution in [0, 0.1) is 5.92 Å². The number of hydrogen-bond donors (Lipinski definition) is 0. The minimum absolute atomic E-state index is 0.134. The Hall–Kier alpha value is -1.17. The lowest BCUT2D eigenvalue weighted by Crippen LogP contribution is -2.31. The number of alkyl halides is 3. The number of carbonyl (C=O) groups excluding carboxylic acids is 1.